The van der Waals surface area contributed by atoms with Gasteiger partial charge in [-0.05, 0) is 66.3 Å². The normalized spacial score (nSPS) is 18.0. The third kappa shape index (κ3) is 5.90. The van der Waals surface area contributed by atoms with Gasteiger partial charge < -0.3 is 0 Å². The third-order valence-corrected chi connectivity index (χ3v) is 13.6. The molecule has 40 heavy (non-hydrogen) atoms. The van der Waals surface area contributed by atoms with Crippen molar-refractivity contribution in [1.29, 1.82) is 0 Å². The molecule has 0 bridgehead atoms. The molecule has 0 aliphatic heterocycles. The molecule has 0 heterocycles. The molecule has 198 valence electrons. The lowest BCUT2D eigenvalue weighted by Crippen LogP contribution is -2.31. The van der Waals surface area contributed by atoms with Crippen molar-refractivity contribution in [1.82, 2.24) is 0 Å². The van der Waals surface area contributed by atoms with Crippen LogP contribution in [-0.4, -0.2) is 5.66 Å². The fraction of sp³-hybridized carbons (Fsp3) is 0.158. The molecule has 0 saturated carbocycles. The summed E-state index contributed by atoms with van der Waals surface area (Å²) in [6, 6.07) is 45.0. The Hall–Kier alpha value is -3.30. The summed E-state index contributed by atoms with van der Waals surface area (Å²) in [5.41, 5.74) is 0.486. The van der Waals surface area contributed by atoms with Crippen molar-refractivity contribution in [2.24, 2.45) is 17.8 Å². The van der Waals surface area contributed by atoms with Crippen LogP contribution in [0.1, 0.15) is 13.3 Å². The minimum absolute atomic E-state index is 0.384. The maximum atomic E-state index is 2.52. The van der Waals surface area contributed by atoms with Gasteiger partial charge in [-0.2, -0.15) is 0 Å². The van der Waals surface area contributed by atoms with Crippen LogP contribution in [0.5, 0.6) is 0 Å². The summed E-state index contributed by atoms with van der Waals surface area (Å²) in [5.74, 6) is 1.45. The zero-order valence-corrected chi connectivity index (χ0v) is 24.8. The lowest BCUT2D eigenvalue weighted by molar-refractivity contribution is 0.438. The van der Waals surface area contributed by atoms with Crippen molar-refractivity contribution < 1.29 is 0 Å². The van der Waals surface area contributed by atoms with Gasteiger partial charge in [-0.15, -0.1) is 0 Å². The quantitative estimate of drug-likeness (QED) is 0.173. The second-order valence-corrected chi connectivity index (χ2v) is 15.3. The molecule has 0 radical (unpaired) electrons. The molecule has 1 unspecified atom stereocenters. The Morgan fingerprint density at radius 3 is 1.48 bits per heavy atom. The highest BCUT2D eigenvalue weighted by Crippen LogP contribution is 2.57. The van der Waals surface area contributed by atoms with Crippen LogP contribution in [-0.2, 0) is 0 Å². The Bertz CT molecular complexity index is 1400. The first kappa shape index (κ1) is 26.9. The first-order valence-corrected chi connectivity index (χ1v) is 17.1. The van der Waals surface area contributed by atoms with Crippen LogP contribution in [0, 0.1) is 17.8 Å². The molecule has 0 amide bonds. The largest absolute Gasteiger partial charge is 0.0774 e. The van der Waals surface area contributed by atoms with Crippen LogP contribution in [0.3, 0.4) is 0 Å². The Morgan fingerprint density at radius 2 is 1.00 bits per heavy atom. The van der Waals surface area contributed by atoms with Gasteiger partial charge in [0.15, 0.2) is 0 Å². The highest BCUT2D eigenvalue weighted by atomic mass is 31.1. The van der Waals surface area contributed by atoms with Crippen LogP contribution < -0.4 is 21.2 Å². The first-order chi connectivity index (χ1) is 19.8. The number of hydrogen-bond donors (Lipinski definition) is 0. The van der Waals surface area contributed by atoms with Gasteiger partial charge in [0.25, 0.3) is 0 Å². The second-order valence-electron chi connectivity index (χ2n) is 10.7. The molecule has 4 aromatic carbocycles. The van der Waals surface area contributed by atoms with E-state index in [9.17, 15) is 0 Å². The summed E-state index contributed by atoms with van der Waals surface area (Å²) in [6.07, 6.45) is 17.7. The van der Waals surface area contributed by atoms with Crippen molar-refractivity contribution in [3.8, 4) is 0 Å². The summed E-state index contributed by atoms with van der Waals surface area (Å²) >= 11 is 0. The fourth-order valence-electron chi connectivity index (χ4n) is 6.12. The number of allylic oxidation sites excluding steroid dienone is 8. The van der Waals surface area contributed by atoms with Crippen LogP contribution in [0.2, 0.25) is 0 Å². The SMILES string of the molecule is C[C@@H](C[C@@H](C1C=CC=C1P(c1ccccc1)c1ccccc1)P(c1ccccc1)c1ccccc1)C1C=CC=C1. The zero-order chi connectivity index (χ0) is 27.1. The molecule has 0 fully saturated rings. The van der Waals surface area contributed by atoms with Crippen molar-refractivity contribution in [2.45, 2.75) is 19.0 Å². The summed E-state index contributed by atoms with van der Waals surface area (Å²) in [7, 11) is -1.23. The van der Waals surface area contributed by atoms with E-state index in [0.717, 1.165) is 0 Å². The number of benzene rings is 4. The molecular weight excluding hydrogens is 518 g/mol. The molecule has 6 rings (SSSR count). The van der Waals surface area contributed by atoms with Gasteiger partial charge in [0, 0.05) is 5.92 Å². The van der Waals surface area contributed by atoms with Gasteiger partial charge in [0.2, 0.25) is 0 Å². The molecule has 0 N–H and O–H groups in total. The molecule has 2 aliphatic carbocycles. The predicted octanol–water partition coefficient (Wildman–Crippen LogP) is 8.46. The van der Waals surface area contributed by atoms with E-state index < -0.39 is 15.8 Å². The van der Waals surface area contributed by atoms with E-state index in [1.165, 1.54) is 27.6 Å². The average Bonchev–Trinajstić information content (AvgIpc) is 3.73. The van der Waals surface area contributed by atoms with E-state index in [4.69, 9.17) is 0 Å². The molecule has 0 saturated heterocycles. The van der Waals surface area contributed by atoms with Crippen LogP contribution >= 0.6 is 15.8 Å². The molecular formula is C38H36P2. The van der Waals surface area contributed by atoms with E-state index in [1.807, 2.05) is 0 Å². The Labute approximate surface area is 242 Å². The predicted molar refractivity (Wildman–Crippen MR) is 178 cm³/mol. The Morgan fingerprint density at radius 1 is 0.550 bits per heavy atom. The highest BCUT2D eigenvalue weighted by molar-refractivity contribution is 7.77. The van der Waals surface area contributed by atoms with Gasteiger partial charge in [0.05, 0.1) is 0 Å². The lowest BCUT2D eigenvalue weighted by Gasteiger charge is -2.38. The van der Waals surface area contributed by atoms with Crippen molar-refractivity contribution in [2.75, 3.05) is 0 Å². The molecule has 0 aromatic heterocycles. The maximum Gasteiger partial charge on any atom is 0.0105 e. The summed E-state index contributed by atoms with van der Waals surface area (Å²) in [4.78, 5) is 0. The Kier molecular flexibility index (Phi) is 8.68. The third-order valence-electron chi connectivity index (χ3n) is 8.08. The molecule has 2 heteroatoms. The van der Waals surface area contributed by atoms with Gasteiger partial charge >= 0.3 is 0 Å². The second kappa shape index (κ2) is 12.9. The summed E-state index contributed by atoms with van der Waals surface area (Å²) in [5, 5.41) is 7.40. The van der Waals surface area contributed by atoms with E-state index in [2.05, 4.69) is 171 Å². The molecule has 4 aromatic rings. The van der Waals surface area contributed by atoms with Crippen molar-refractivity contribution in [3.05, 3.63) is 169 Å². The van der Waals surface area contributed by atoms with Crippen LogP contribution in [0.4, 0.5) is 0 Å². The first-order valence-electron chi connectivity index (χ1n) is 14.3. The van der Waals surface area contributed by atoms with E-state index in [1.54, 1.807) is 5.31 Å². The number of hydrogen-bond acceptors (Lipinski definition) is 0. The minimum atomic E-state index is -0.641. The zero-order valence-electron chi connectivity index (χ0n) is 23.0. The fourth-order valence-corrected chi connectivity index (χ4v) is 12.0. The van der Waals surface area contributed by atoms with Gasteiger partial charge in [-0.3, -0.25) is 0 Å². The monoisotopic (exact) mass is 554 g/mol. The van der Waals surface area contributed by atoms with Crippen molar-refractivity contribution >= 4 is 37.1 Å². The van der Waals surface area contributed by atoms with Crippen LogP contribution in [0.15, 0.2) is 169 Å². The van der Waals surface area contributed by atoms with Crippen LogP contribution in [0.25, 0.3) is 0 Å². The lowest BCUT2D eigenvalue weighted by atomic mass is 9.88. The molecule has 2 aliphatic rings. The summed E-state index contributed by atoms with van der Waals surface area (Å²) in [6.45, 7) is 2.46. The molecule has 3 atom stereocenters. The maximum absolute atomic E-state index is 2.52. The molecule has 0 nitrogen and oxygen atoms in total. The van der Waals surface area contributed by atoms with Gasteiger partial charge in [-0.1, -0.05) is 171 Å². The van der Waals surface area contributed by atoms with Gasteiger partial charge in [-0.25, -0.2) is 0 Å². The van der Waals surface area contributed by atoms with E-state index in [0.29, 0.717) is 23.4 Å². The average molecular weight is 555 g/mol. The number of rotatable bonds is 10. The standard InChI is InChI=1S/C38H36P2/c1-30(31-17-14-15-18-31)29-38(40(34-23-10-4-11-24-34)35-25-12-5-13-26-35)36-27-16-28-37(36)39(32-19-6-2-7-20-32)33-21-8-3-9-22-33/h2-28,30-31,36,38H,29H2,1H3/t30-,36?,38-/m0/s1. The Balaban J connectivity index is 1.47. The van der Waals surface area contributed by atoms with E-state index >= 15 is 0 Å². The smallest absolute Gasteiger partial charge is 0.0105 e. The molecule has 0 spiro atoms. The summed E-state index contributed by atoms with van der Waals surface area (Å²) < 4.78 is 0. The minimum Gasteiger partial charge on any atom is -0.0774 e. The topological polar surface area (TPSA) is 0 Å². The van der Waals surface area contributed by atoms with Crippen molar-refractivity contribution in [3.63, 3.8) is 0 Å². The van der Waals surface area contributed by atoms with Gasteiger partial charge in [0.1, 0.15) is 0 Å². The highest BCUT2D eigenvalue weighted by Gasteiger charge is 2.38. The van der Waals surface area contributed by atoms with E-state index in [-0.39, 0.29) is 0 Å².